The maximum absolute atomic E-state index is 11.0. The molecule has 2 N–H and O–H groups in total. The first-order chi connectivity index (χ1) is 10.1. The molecule has 0 fully saturated rings. The van der Waals surface area contributed by atoms with Crippen molar-refractivity contribution in [1.82, 2.24) is 5.32 Å². The first kappa shape index (κ1) is 13.6. The molecule has 4 nitrogen and oxygen atoms in total. The highest BCUT2D eigenvalue weighted by Gasteiger charge is 2.19. The van der Waals surface area contributed by atoms with E-state index in [9.17, 15) is 4.79 Å². The van der Waals surface area contributed by atoms with Gasteiger partial charge in [0.25, 0.3) is 0 Å². The fraction of sp³-hybridized carbons (Fsp3) is 0.235. The molecule has 108 valence electrons. The van der Waals surface area contributed by atoms with E-state index in [1.165, 1.54) is 11.1 Å². The normalized spacial score (nSPS) is 17.5. The van der Waals surface area contributed by atoms with Crippen molar-refractivity contribution in [3.05, 3.63) is 64.7 Å². The summed E-state index contributed by atoms with van der Waals surface area (Å²) in [5.74, 6) is -0.286. The topological polar surface area (TPSA) is 58.6 Å². The summed E-state index contributed by atoms with van der Waals surface area (Å²) in [6.45, 7) is 3.21. The SMILES string of the molecule is Cc1ccc([C@H]2COc3cc(C(=O)O)ccc3CN2)cc1. The first-order valence-electron chi connectivity index (χ1n) is 6.92. The molecule has 0 bridgehead atoms. The van der Waals surface area contributed by atoms with Crippen LogP contribution in [0.25, 0.3) is 0 Å². The van der Waals surface area contributed by atoms with E-state index in [-0.39, 0.29) is 11.6 Å². The Morgan fingerprint density at radius 2 is 2.00 bits per heavy atom. The van der Waals surface area contributed by atoms with E-state index in [4.69, 9.17) is 9.84 Å². The number of aromatic carboxylic acids is 1. The minimum Gasteiger partial charge on any atom is -0.491 e. The minimum atomic E-state index is -0.936. The Morgan fingerprint density at radius 3 is 2.71 bits per heavy atom. The van der Waals surface area contributed by atoms with Gasteiger partial charge in [-0.1, -0.05) is 35.9 Å². The molecule has 0 unspecified atom stereocenters. The predicted octanol–water partition coefficient (Wildman–Crippen LogP) is 2.92. The number of carbonyl (C=O) groups is 1. The smallest absolute Gasteiger partial charge is 0.335 e. The lowest BCUT2D eigenvalue weighted by Gasteiger charge is -2.16. The molecule has 21 heavy (non-hydrogen) atoms. The van der Waals surface area contributed by atoms with Crippen molar-refractivity contribution in [3.63, 3.8) is 0 Å². The number of ether oxygens (including phenoxy) is 1. The lowest BCUT2D eigenvalue weighted by Crippen LogP contribution is -2.23. The van der Waals surface area contributed by atoms with Crippen molar-refractivity contribution >= 4 is 5.97 Å². The average molecular weight is 283 g/mol. The van der Waals surface area contributed by atoms with E-state index < -0.39 is 5.97 Å². The van der Waals surface area contributed by atoms with Gasteiger partial charge in [-0.15, -0.1) is 0 Å². The molecule has 0 spiro atoms. The lowest BCUT2D eigenvalue weighted by molar-refractivity contribution is 0.0696. The van der Waals surface area contributed by atoms with Crippen molar-refractivity contribution in [2.45, 2.75) is 19.5 Å². The van der Waals surface area contributed by atoms with Crippen LogP contribution in [0.2, 0.25) is 0 Å². The largest absolute Gasteiger partial charge is 0.491 e. The van der Waals surface area contributed by atoms with Gasteiger partial charge in [-0.25, -0.2) is 4.79 Å². The zero-order chi connectivity index (χ0) is 14.8. The number of benzene rings is 2. The molecule has 2 aromatic rings. The number of rotatable bonds is 2. The molecule has 0 amide bonds. The van der Waals surface area contributed by atoms with E-state index in [0.717, 1.165) is 5.56 Å². The predicted molar refractivity (Wildman–Crippen MR) is 79.7 cm³/mol. The van der Waals surface area contributed by atoms with Crippen LogP contribution in [0, 0.1) is 6.92 Å². The zero-order valence-corrected chi connectivity index (χ0v) is 11.8. The number of hydrogen-bond acceptors (Lipinski definition) is 3. The van der Waals surface area contributed by atoms with Crippen LogP contribution in [0.1, 0.15) is 33.1 Å². The van der Waals surface area contributed by atoms with E-state index in [1.807, 2.05) is 6.07 Å². The maximum Gasteiger partial charge on any atom is 0.335 e. The Bertz CT molecular complexity index is 664. The Hall–Kier alpha value is -2.33. The van der Waals surface area contributed by atoms with Crippen LogP contribution in [0.3, 0.4) is 0 Å². The van der Waals surface area contributed by atoms with Gasteiger partial charge in [0.2, 0.25) is 0 Å². The second-order valence-corrected chi connectivity index (χ2v) is 5.28. The standard InChI is InChI=1S/C17H17NO3/c1-11-2-4-12(5-3-11)15-10-21-16-8-13(17(19)20)6-7-14(16)9-18-15/h2-8,15,18H,9-10H2,1H3,(H,19,20)/t15-/m1/s1. The summed E-state index contributed by atoms with van der Waals surface area (Å²) in [4.78, 5) is 11.0. The molecule has 1 atom stereocenters. The molecule has 0 aliphatic carbocycles. The van der Waals surface area contributed by atoms with Crippen LogP contribution < -0.4 is 10.1 Å². The molecule has 1 aliphatic rings. The molecule has 0 saturated heterocycles. The molecule has 0 aromatic heterocycles. The number of hydrogen-bond donors (Lipinski definition) is 2. The quantitative estimate of drug-likeness (QED) is 0.889. The highest BCUT2D eigenvalue weighted by molar-refractivity contribution is 5.88. The van der Waals surface area contributed by atoms with Gasteiger partial charge < -0.3 is 15.2 Å². The zero-order valence-electron chi connectivity index (χ0n) is 11.8. The summed E-state index contributed by atoms with van der Waals surface area (Å²) in [6.07, 6.45) is 0. The lowest BCUT2D eigenvalue weighted by atomic mass is 10.1. The van der Waals surface area contributed by atoms with Gasteiger partial charge in [0.05, 0.1) is 11.6 Å². The monoisotopic (exact) mass is 283 g/mol. The Kier molecular flexibility index (Phi) is 3.62. The van der Waals surface area contributed by atoms with Gasteiger partial charge in [0.15, 0.2) is 0 Å². The van der Waals surface area contributed by atoms with Crippen LogP contribution >= 0.6 is 0 Å². The summed E-state index contributed by atoms with van der Waals surface area (Å²) < 4.78 is 5.81. The third kappa shape index (κ3) is 2.90. The van der Waals surface area contributed by atoms with Crippen molar-refractivity contribution in [2.75, 3.05) is 6.61 Å². The average Bonchev–Trinajstić information content (AvgIpc) is 2.70. The first-order valence-corrected chi connectivity index (χ1v) is 6.92. The molecule has 0 radical (unpaired) electrons. The fourth-order valence-electron chi connectivity index (χ4n) is 2.45. The molecule has 1 aliphatic heterocycles. The van der Waals surface area contributed by atoms with Gasteiger partial charge in [0, 0.05) is 12.1 Å². The van der Waals surface area contributed by atoms with E-state index >= 15 is 0 Å². The molecule has 0 saturated carbocycles. The third-order valence-electron chi connectivity index (χ3n) is 3.74. The number of carboxylic acids is 1. The number of carboxylic acid groups (broad SMARTS) is 1. The number of aryl methyl sites for hydroxylation is 1. The highest BCUT2D eigenvalue weighted by atomic mass is 16.5. The Balaban J connectivity index is 1.81. The van der Waals surface area contributed by atoms with Crippen molar-refractivity contribution < 1.29 is 14.6 Å². The Morgan fingerprint density at radius 1 is 1.24 bits per heavy atom. The van der Waals surface area contributed by atoms with Crippen molar-refractivity contribution in [3.8, 4) is 5.75 Å². The summed E-state index contributed by atoms with van der Waals surface area (Å²) in [5, 5.41) is 12.5. The molecule has 3 rings (SSSR count). The van der Waals surface area contributed by atoms with Crippen molar-refractivity contribution in [2.24, 2.45) is 0 Å². The van der Waals surface area contributed by atoms with Gasteiger partial charge in [-0.3, -0.25) is 0 Å². The molecule has 4 heteroatoms. The summed E-state index contributed by atoms with van der Waals surface area (Å²) >= 11 is 0. The van der Waals surface area contributed by atoms with Gasteiger partial charge >= 0.3 is 5.97 Å². The van der Waals surface area contributed by atoms with E-state index in [2.05, 4.69) is 36.5 Å². The minimum absolute atomic E-state index is 0.103. The summed E-state index contributed by atoms with van der Waals surface area (Å²) in [5.41, 5.74) is 3.63. The van der Waals surface area contributed by atoms with Crippen LogP contribution in [-0.2, 0) is 6.54 Å². The van der Waals surface area contributed by atoms with Crippen LogP contribution in [0.5, 0.6) is 5.75 Å². The number of nitrogens with one attached hydrogen (secondary N) is 1. The second-order valence-electron chi connectivity index (χ2n) is 5.28. The van der Waals surface area contributed by atoms with E-state index in [1.54, 1.807) is 12.1 Å². The molecule has 1 heterocycles. The second kappa shape index (κ2) is 5.58. The van der Waals surface area contributed by atoms with Crippen molar-refractivity contribution in [1.29, 1.82) is 0 Å². The van der Waals surface area contributed by atoms with Crippen LogP contribution in [-0.4, -0.2) is 17.7 Å². The molecular weight excluding hydrogens is 266 g/mol. The van der Waals surface area contributed by atoms with Crippen LogP contribution in [0.15, 0.2) is 42.5 Å². The van der Waals surface area contributed by atoms with E-state index in [0.29, 0.717) is 18.9 Å². The Labute approximate surface area is 123 Å². The van der Waals surface area contributed by atoms with Gasteiger partial charge in [-0.2, -0.15) is 0 Å². The molecule has 2 aromatic carbocycles. The molecular formula is C17H17NO3. The number of fused-ring (bicyclic) bond motifs is 1. The van der Waals surface area contributed by atoms with Gasteiger partial charge in [-0.05, 0) is 24.6 Å². The third-order valence-corrected chi connectivity index (χ3v) is 3.74. The highest BCUT2D eigenvalue weighted by Crippen LogP contribution is 2.26. The van der Waals surface area contributed by atoms with Crippen LogP contribution in [0.4, 0.5) is 0 Å². The summed E-state index contributed by atoms with van der Waals surface area (Å²) in [6, 6.07) is 13.5. The fourth-order valence-corrected chi connectivity index (χ4v) is 2.45. The van der Waals surface area contributed by atoms with Gasteiger partial charge in [0.1, 0.15) is 12.4 Å². The summed E-state index contributed by atoms with van der Waals surface area (Å²) in [7, 11) is 0. The maximum atomic E-state index is 11.0.